The van der Waals surface area contributed by atoms with Gasteiger partial charge >= 0.3 is 6.18 Å². The van der Waals surface area contributed by atoms with Crippen molar-refractivity contribution in [3.63, 3.8) is 0 Å². The summed E-state index contributed by atoms with van der Waals surface area (Å²) in [5.41, 5.74) is 5.36. The van der Waals surface area contributed by atoms with Crippen molar-refractivity contribution in [2.24, 2.45) is 0 Å². The van der Waals surface area contributed by atoms with Crippen LogP contribution < -0.4 is 5.73 Å². The number of halogens is 3. The minimum absolute atomic E-state index is 0.146. The van der Waals surface area contributed by atoms with Crippen molar-refractivity contribution in [3.8, 4) is 0 Å². The molecule has 5 heteroatoms. The molecular weight excluding hydrogens is 195 g/mol. The molecule has 0 unspecified atom stereocenters. The Morgan fingerprint density at radius 2 is 1.93 bits per heavy atom. The minimum atomic E-state index is -4.87. The fourth-order valence-electron chi connectivity index (χ4n) is 1.04. The number of carbonyl (C=O) groups is 1. The lowest BCUT2D eigenvalue weighted by molar-refractivity contribution is -0.0884. The Labute approximate surface area is 78.5 Å². The Morgan fingerprint density at radius 3 is 2.36 bits per heavy atom. The van der Waals surface area contributed by atoms with Crippen molar-refractivity contribution < 1.29 is 18.0 Å². The van der Waals surface area contributed by atoms with Crippen molar-refractivity contribution in [2.45, 2.75) is 13.1 Å². The fraction of sp³-hybridized carbons (Fsp3) is 0.222. The molecule has 0 saturated heterocycles. The summed E-state index contributed by atoms with van der Waals surface area (Å²) in [4.78, 5) is 10.8. The highest BCUT2D eigenvalue weighted by atomic mass is 19.4. The Kier molecular flexibility index (Phi) is 2.51. The highest BCUT2D eigenvalue weighted by Gasteiger charge is 2.40. The van der Waals surface area contributed by atoms with Crippen LogP contribution in [0.5, 0.6) is 0 Å². The molecule has 1 rings (SSSR count). The second kappa shape index (κ2) is 3.32. The first kappa shape index (κ1) is 10.6. The van der Waals surface area contributed by atoms with E-state index in [0.717, 1.165) is 6.07 Å². The molecule has 0 fully saturated rings. The van der Waals surface area contributed by atoms with Gasteiger partial charge < -0.3 is 5.73 Å². The molecule has 0 atom stereocenters. The van der Waals surface area contributed by atoms with E-state index >= 15 is 0 Å². The van der Waals surface area contributed by atoms with Gasteiger partial charge in [0.15, 0.2) is 0 Å². The highest BCUT2D eigenvalue weighted by Crippen LogP contribution is 2.25. The van der Waals surface area contributed by atoms with Crippen molar-refractivity contribution in [3.05, 3.63) is 29.3 Å². The first-order valence-electron chi connectivity index (χ1n) is 3.80. The van der Waals surface area contributed by atoms with Gasteiger partial charge in [0.1, 0.15) is 0 Å². The number of rotatable bonds is 1. The van der Waals surface area contributed by atoms with E-state index in [2.05, 4.69) is 0 Å². The number of alkyl halides is 3. The first-order valence-corrected chi connectivity index (χ1v) is 3.80. The molecule has 2 N–H and O–H groups in total. The third-order valence-corrected chi connectivity index (χ3v) is 1.71. The van der Waals surface area contributed by atoms with Gasteiger partial charge in [-0.15, -0.1) is 0 Å². The number of hydrogen-bond acceptors (Lipinski definition) is 2. The van der Waals surface area contributed by atoms with Crippen LogP contribution in [0, 0.1) is 6.92 Å². The van der Waals surface area contributed by atoms with Crippen LogP contribution in [0.2, 0.25) is 0 Å². The average Bonchev–Trinajstić information content (AvgIpc) is 2.01. The van der Waals surface area contributed by atoms with E-state index < -0.39 is 17.5 Å². The summed E-state index contributed by atoms with van der Waals surface area (Å²) < 4.78 is 36.0. The van der Waals surface area contributed by atoms with Gasteiger partial charge in [-0.1, -0.05) is 6.07 Å². The molecule has 0 radical (unpaired) electrons. The molecule has 0 aromatic heterocycles. The molecule has 2 nitrogen and oxygen atoms in total. The van der Waals surface area contributed by atoms with Crippen LogP contribution in [0.4, 0.5) is 18.9 Å². The fourth-order valence-corrected chi connectivity index (χ4v) is 1.04. The summed E-state index contributed by atoms with van der Waals surface area (Å²) >= 11 is 0. The number of benzene rings is 1. The Hall–Kier alpha value is -1.52. The molecule has 1 aromatic rings. The molecule has 0 aliphatic rings. The van der Waals surface area contributed by atoms with E-state index in [4.69, 9.17) is 5.73 Å². The summed E-state index contributed by atoms with van der Waals surface area (Å²) in [6.45, 7) is 1.68. The molecule has 0 aliphatic carbocycles. The molecule has 0 aliphatic heterocycles. The number of anilines is 1. The van der Waals surface area contributed by atoms with Crippen molar-refractivity contribution in [1.82, 2.24) is 0 Å². The number of ketones is 1. The van der Waals surface area contributed by atoms with Crippen LogP contribution in [-0.2, 0) is 0 Å². The van der Waals surface area contributed by atoms with Gasteiger partial charge in [-0.05, 0) is 24.6 Å². The van der Waals surface area contributed by atoms with Crippen LogP contribution in [0.1, 0.15) is 15.9 Å². The topological polar surface area (TPSA) is 43.1 Å². The van der Waals surface area contributed by atoms with E-state index in [1.165, 1.54) is 12.1 Å². The lowest BCUT2D eigenvalue weighted by Gasteiger charge is -2.07. The van der Waals surface area contributed by atoms with E-state index in [0.29, 0.717) is 5.56 Å². The Balaban J connectivity index is 3.15. The molecular formula is C9H8F3NO. The minimum Gasteiger partial charge on any atom is -0.398 e. The summed E-state index contributed by atoms with van der Waals surface area (Å²) in [6, 6.07) is 3.83. The van der Waals surface area contributed by atoms with Crippen molar-refractivity contribution in [2.75, 3.05) is 5.73 Å². The average molecular weight is 203 g/mol. The molecule has 14 heavy (non-hydrogen) atoms. The summed E-state index contributed by atoms with van der Waals surface area (Å²) in [5, 5.41) is 0. The molecule has 76 valence electrons. The van der Waals surface area contributed by atoms with Crippen LogP contribution in [0.25, 0.3) is 0 Å². The zero-order chi connectivity index (χ0) is 10.9. The number of carbonyl (C=O) groups excluding carboxylic acids is 1. The van der Waals surface area contributed by atoms with Gasteiger partial charge in [0.25, 0.3) is 5.78 Å². The number of nitrogen functional groups attached to an aromatic ring is 1. The zero-order valence-electron chi connectivity index (χ0n) is 7.35. The Morgan fingerprint density at radius 1 is 1.36 bits per heavy atom. The summed E-state index contributed by atoms with van der Waals surface area (Å²) in [5.74, 6) is -1.91. The normalized spacial score (nSPS) is 11.4. The van der Waals surface area contributed by atoms with Gasteiger partial charge in [-0.2, -0.15) is 13.2 Å². The molecule has 0 heterocycles. The van der Waals surface area contributed by atoms with Crippen LogP contribution in [-0.4, -0.2) is 12.0 Å². The number of aryl methyl sites for hydroxylation is 1. The lowest BCUT2D eigenvalue weighted by Crippen LogP contribution is -2.23. The molecule has 0 saturated carbocycles. The second-order valence-corrected chi connectivity index (χ2v) is 2.92. The monoisotopic (exact) mass is 203 g/mol. The van der Waals surface area contributed by atoms with Gasteiger partial charge in [-0.25, -0.2) is 0 Å². The van der Waals surface area contributed by atoms with Gasteiger partial charge in [-0.3, -0.25) is 4.79 Å². The lowest BCUT2D eigenvalue weighted by atomic mass is 10.1. The number of nitrogens with two attached hydrogens (primary N) is 1. The summed E-state index contributed by atoms with van der Waals surface area (Å²) in [7, 11) is 0. The maximum atomic E-state index is 12.0. The number of Topliss-reactive ketones (excluding diaryl/α,β-unsaturated/α-hetero) is 1. The second-order valence-electron chi connectivity index (χ2n) is 2.92. The summed E-state index contributed by atoms with van der Waals surface area (Å²) in [6.07, 6.45) is -4.87. The Bertz CT molecular complexity index is 371. The van der Waals surface area contributed by atoms with Gasteiger partial charge in [0.2, 0.25) is 0 Å². The van der Waals surface area contributed by atoms with E-state index in [1.54, 1.807) is 6.92 Å². The maximum absolute atomic E-state index is 12.0. The SMILES string of the molecule is Cc1ccc(C(=O)C(F)(F)F)c(N)c1. The van der Waals surface area contributed by atoms with Crippen LogP contribution >= 0.6 is 0 Å². The molecule has 0 amide bonds. The largest absolute Gasteiger partial charge is 0.454 e. The smallest absolute Gasteiger partial charge is 0.398 e. The molecule has 1 aromatic carbocycles. The predicted molar refractivity (Wildman–Crippen MR) is 46.0 cm³/mol. The zero-order valence-corrected chi connectivity index (χ0v) is 7.35. The third kappa shape index (κ3) is 2.04. The number of hydrogen-bond donors (Lipinski definition) is 1. The molecule has 0 bridgehead atoms. The van der Waals surface area contributed by atoms with E-state index in [1.807, 2.05) is 0 Å². The third-order valence-electron chi connectivity index (χ3n) is 1.71. The van der Waals surface area contributed by atoms with Crippen LogP contribution in [0.3, 0.4) is 0 Å². The molecule has 0 spiro atoms. The first-order chi connectivity index (χ1) is 6.32. The quantitative estimate of drug-likeness (QED) is 0.562. The van der Waals surface area contributed by atoms with E-state index in [-0.39, 0.29) is 5.69 Å². The standard InChI is InChI=1S/C9H8F3NO/c1-5-2-3-6(7(13)4-5)8(14)9(10,11)12/h2-4H,13H2,1H3. The van der Waals surface area contributed by atoms with Crippen LogP contribution in [0.15, 0.2) is 18.2 Å². The predicted octanol–water partition coefficient (Wildman–Crippen LogP) is 2.32. The maximum Gasteiger partial charge on any atom is 0.454 e. The van der Waals surface area contributed by atoms with Crippen molar-refractivity contribution >= 4 is 11.5 Å². The van der Waals surface area contributed by atoms with Gasteiger partial charge in [0, 0.05) is 5.69 Å². The van der Waals surface area contributed by atoms with Gasteiger partial charge in [0.05, 0.1) is 5.56 Å². The highest BCUT2D eigenvalue weighted by molar-refractivity contribution is 6.04. The van der Waals surface area contributed by atoms with Crippen molar-refractivity contribution in [1.29, 1.82) is 0 Å². The van der Waals surface area contributed by atoms with E-state index in [9.17, 15) is 18.0 Å².